The van der Waals surface area contributed by atoms with E-state index in [1.54, 1.807) is 0 Å². The lowest BCUT2D eigenvalue weighted by atomic mass is 10.0. The number of rotatable bonds is 16. The van der Waals surface area contributed by atoms with Crippen molar-refractivity contribution in [3.8, 4) is 0 Å². The first-order chi connectivity index (χ1) is 20.1. The van der Waals surface area contributed by atoms with Crippen LogP contribution in [0.2, 0.25) is 0 Å². The first-order valence-electron chi connectivity index (χ1n) is 15.3. The number of aromatic nitrogens is 4. The number of hydrogen-bond donors (Lipinski definition) is 0. The molecule has 0 spiro atoms. The van der Waals surface area contributed by atoms with Gasteiger partial charge in [-0.25, -0.2) is 18.3 Å². The third kappa shape index (κ3) is 8.52. The summed E-state index contributed by atoms with van der Waals surface area (Å²) in [5, 5.41) is 18.0. The second-order valence-corrected chi connectivity index (χ2v) is 10.3. The van der Waals surface area contributed by atoms with Gasteiger partial charge in [-0.15, -0.1) is 0 Å². The molecule has 0 saturated carbocycles. The molecule has 8 heteroatoms. The molecule has 0 atom stereocenters. The molecule has 4 rings (SSSR count). The van der Waals surface area contributed by atoms with Crippen LogP contribution in [0.5, 0.6) is 0 Å². The zero-order valence-corrected chi connectivity index (χ0v) is 25.3. The lowest BCUT2D eigenvalue weighted by Crippen LogP contribution is -2.30. The average Bonchev–Trinajstić information content (AvgIpc) is 3.62. The maximum absolute atomic E-state index is 4.51. The smallest absolute Gasteiger partial charge is 0.231 e. The Balaban J connectivity index is 1.13. The van der Waals surface area contributed by atoms with Crippen LogP contribution in [0.15, 0.2) is 93.8 Å². The van der Waals surface area contributed by atoms with Gasteiger partial charge in [-0.3, -0.25) is 0 Å². The van der Waals surface area contributed by atoms with Gasteiger partial charge in [0.2, 0.25) is 0 Å². The summed E-state index contributed by atoms with van der Waals surface area (Å²) in [7, 11) is 0. The lowest BCUT2D eigenvalue weighted by molar-refractivity contribution is -0.680. The third-order valence-electron chi connectivity index (χ3n) is 7.56. The van der Waals surface area contributed by atoms with Crippen molar-refractivity contribution in [2.45, 2.75) is 98.8 Å². The maximum atomic E-state index is 4.51. The Kier molecular flexibility index (Phi) is 11.5. The minimum absolute atomic E-state index is 0.885. The molecule has 8 nitrogen and oxygen atoms in total. The van der Waals surface area contributed by atoms with E-state index in [4.69, 9.17) is 0 Å². The number of azo groups is 2. The van der Waals surface area contributed by atoms with E-state index < -0.39 is 0 Å². The highest BCUT2D eigenvalue weighted by atomic mass is 15.3. The Morgan fingerprint density at radius 1 is 0.512 bits per heavy atom. The van der Waals surface area contributed by atoms with Gasteiger partial charge in [0, 0.05) is 10.2 Å². The summed E-state index contributed by atoms with van der Waals surface area (Å²) in [6, 6.07) is 17.1. The van der Waals surface area contributed by atoms with Crippen molar-refractivity contribution in [3.63, 3.8) is 0 Å². The topological polar surface area (TPSA) is 67.1 Å². The summed E-state index contributed by atoms with van der Waals surface area (Å²) in [4.78, 5) is 0. The van der Waals surface area contributed by atoms with Crippen molar-refractivity contribution in [1.82, 2.24) is 9.13 Å². The number of benzene rings is 2. The van der Waals surface area contributed by atoms with Crippen LogP contribution in [0.1, 0.15) is 70.9 Å². The number of nitrogens with zero attached hydrogens (tertiary/aromatic N) is 8. The van der Waals surface area contributed by atoms with Gasteiger partial charge in [-0.05, 0) is 88.8 Å². The third-order valence-corrected chi connectivity index (χ3v) is 7.56. The molecule has 0 aliphatic carbocycles. The van der Waals surface area contributed by atoms with E-state index in [1.165, 1.54) is 43.2 Å². The van der Waals surface area contributed by atoms with E-state index in [2.05, 4.69) is 140 Å². The van der Waals surface area contributed by atoms with E-state index >= 15 is 0 Å². The number of aryl methyl sites for hydroxylation is 6. The quantitative estimate of drug-likeness (QED) is 0.0757. The highest BCUT2D eigenvalue weighted by molar-refractivity contribution is 5.39. The summed E-state index contributed by atoms with van der Waals surface area (Å²) in [5.74, 6) is 1.78. The van der Waals surface area contributed by atoms with Crippen LogP contribution in [0.3, 0.4) is 0 Å². The molecule has 216 valence electrons. The monoisotopic (exact) mass is 554 g/mol. The van der Waals surface area contributed by atoms with E-state index in [0.717, 1.165) is 62.3 Å². The predicted molar refractivity (Wildman–Crippen MR) is 164 cm³/mol. The molecule has 0 aliphatic heterocycles. The van der Waals surface area contributed by atoms with Gasteiger partial charge in [0.25, 0.3) is 0 Å². The minimum atomic E-state index is 0.885. The van der Waals surface area contributed by atoms with Gasteiger partial charge in [0.05, 0.1) is 51.0 Å². The number of imidazole rings is 2. The van der Waals surface area contributed by atoms with E-state index in [0.29, 0.717) is 0 Å². The molecule has 0 radical (unpaired) electrons. The fourth-order valence-corrected chi connectivity index (χ4v) is 4.99. The second-order valence-electron chi connectivity index (χ2n) is 10.3. The van der Waals surface area contributed by atoms with E-state index in [9.17, 15) is 0 Å². The first kappa shape index (κ1) is 30.0. The second kappa shape index (κ2) is 15.7. The van der Waals surface area contributed by atoms with Gasteiger partial charge in [0.15, 0.2) is 0 Å². The molecule has 0 amide bonds. The zero-order valence-electron chi connectivity index (χ0n) is 25.3. The van der Waals surface area contributed by atoms with Crippen LogP contribution in [-0.4, -0.2) is 9.13 Å². The summed E-state index contributed by atoms with van der Waals surface area (Å²) in [5.41, 5.74) is 4.53. The van der Waals surface area contributed by atoms with Crippen molar-refractivity contribution in [2.75, 3.05) is 0 Å². The van der Waals surface area contributed by atoms with Gasteiger partial charge in [-0.2, -0.15) is 0 Å². The molecule has 2 aromatic heterocycles. The average molecular weight is 555 g/mol. The maximum Gasteiger partial charge on any atom is 0.421 e. The summed E-state index contributed by atoms with van der Waals surface area (Å²) < 4.78 is 8.44. The van der Waals surface area contributed by atoms with Crippen LogP contribution < -0.4 is 9.13 Å². The normalized spacial score (nSPS) is 11.8. The van der Waals surface area contributed by atoms with Crippen molar-refractivity contribution in [1.29, 1.82) is 0 Å². The molecule has 2 aromatic carbocycles. The van der Waals surface area contributed by atoms with Crippen molar-refractivity contribution < 1.29 is 9.13 Å². The minimum Gasteiger partial charge on any atom is -0.231 e. The SMILES string of the molecule is CCn1cc[n+](CC)c1N=Nc1ccc(CCCCCCCc2ccc(N=Nc3n(CC)cc[n+]3CC)cc2)cc1. The molecule has 4 aromatic rings. The summed E-state index contributed by atoms with van der Waals surface area (Å²) in [6.07, 6.45) is 16.7. The molecule has 0 N–H and O–H groups in total. The highest BCUT2D eigenvalue weighted by Gasteiger charge is 2.15. The Morgan fingerprint density at radius 2 is 0.902 bits per heavy atom. The fraction of sp³-hybridized carbons (Fsp3) is 0.455. The molecule has 0 saturated heterocycles. The predicted octanol–water partition coefficient (Wildman–Crippen LogP) is 8.51. The molecule has 2 heterocycles. The lowest BCUT2D eigenvalue weighted by Gasteiger charge is -2.04. The van der Waals surface area contributed by atoms with Crippen molar-refractivity contribution in [3.05, 3.63) is 84.4 Å². The van der Waals surface area contributed by atoms with Gasteiger partial charge in [0.1, 0.15) is 11.4 Å². The van der Waals surface area contributed by atoms with Crippen LogP contribution >= 0.6 is 0 Å². The van der Waals surface area contributed by atoms with Crippen LogP contribution in [0, 0.1) is 0 Å². The van der Waals surface area contributed by atoms with Crippen LogP contribution in [0.4, 0.5) is 23.3 Å². The Morgan fingerprint density at radius 3 is 1.27 bits per heavy atom. The summed E-state index contributed by atoms with van der Waals surface area (Å²) >= 11 is 0. The highest BCUT2D eigenvalue weighted by Crippen LogP contribution is 2.20. The van der Waals surface area contributed by atoms with Crippen LogP contribution in [-0.2, 0) is 39.0 Å². The van der Waals surface area contributed by atoms with Gasteiger partial charge < -0.3 is 0 Å². The van der Waals surface area contributed by atoms with E-state index in [1.807, 2.05) is 0 Å². The number of hydrogen-bond acceptors (Lipinski definition) is 4. The van der Waals surface area contributed by atoms with Gasteiger partial charge >= 0.3 is 11.9 Å². The molecular weight excluding hydrogens is 508 g/mol. The van der Waals surface area contributed by atoms with Crippen LogP contribution in [0.25, 0.3) is 0 Å². The zero-order chi connectivity index (χ0) is 28.9. The van der Waals surface area contributed by atoms with Crippen molar-refractivity contribution >= 4 is 23.3 Å². The molecule has 0 aliphatic rings. The standard InChI is InChI=1S/C33H46N8/c1-5-38-24-25-39(6-2)32(38)36-34-30-20-16-28(17-21-30)14-12-10-9-11-13-15-29-18-22-31(23-19-29)35-37-33-40(7-3)26-27-41(33)8-4/h16-27H,5-15H2,1-4H3/q+2. The fourth-order valence-electron chi connectivity index (χ4n) is 4.99. The molecule has 41 heavy (non-hydrogen) atoms. The first-order valence-corrected chi connectivity index (χ1v) is 15.3. The Bertz CT molecular complexity index is 1240. The molecule has 0 bridgehead atoms. The molecule has 0 unspecified atom stereocenters. The summed E-state index contributed by atoms with van der Waals surface area (Å²) in [6.45, 7) is 12.0. The van der Waals surface area contributed by atoms with E-state index in [-0.39, 0.29) is 0 Å². The Labute approximate surface area is 245 Å². The molecular formula is C33H46N8+2. The number of unbranched alkanes of at least 4 members (excludes halogenated alkanes) is 4. The molecule has 0 fully saturated rings. The largest absolute Gasteiger partial charge is 0.421 e. The van der Waals surface area contributed by atoms with Crippen molar-refractivity contribution in [2.24, 2.45) is 20.5 Å². The van der Waals surface area contributed by atoms with Gasteiger partial charge in [-0.1, -0.05) is 53.8 Å². The Hall–Kier alpha value is -3.94.